The van der Waals surface area contributed by atoms with E-state index in [1.54, 1.807) is 12.4 Å². The minimum absolute atomic E-state index is 0.231. The fraction of sp³-hybridized carbons (Fsp3) is 0.353. The lowest BCUT2D eigenvalue weighted by molar-refractivity contribution is 0.528. The highest BCUT2D eigenvalue weighted by molar-refractivity contribution is 5.60. The van der Waals surface area contributed by atoms with Gasteiger partial charge in [0.1, 0.15) is 24.0 Å². The summed E-state index contributed by atoms with van der Waals surface area (Å²) in [5.74, 6) is 0.428. The zero-order chi connectivity index (χ0) is 16.2. The molecule has 1 aromatic carbocycles. The number of hydrogen-bond donors (Lipinski definition) is 1. The SMILES string of the molecule is Cc1cc(NC2CCCN(c3ccc(F)cc3C#N)C2)ncn1. The summed E-state index contributed by atoms with van der Waals surface area (Å²) in [6, 6.07) is 8.61. The van der Waals surface area contributed by atoms with E-state index >= 15 is 0 Å². The third kappa shape index (κ3) is 3.57. The van der Waals surface area contributed by atoms with Gasteiger partial charge in [-0.15, -0.1) is 0 Å². The smallest absolute Gasteiger partial charge is 0.129 e. The normalized spacial score (nSPS) is 17.6. The topological polar surface area (TPSA) is 64.8 Å². The van der Waals surface area contributed by atoms with Crippen LogP contribution in [0.25, 0.3) is 0 Å². The zero-order valence-electron chi connectivity index (χ0n) is 13.0. The van der Waals surface area contributed by atoms with Crippen LogP contribution in [0.3, 0.4) is 0 Å². The van der Waals surface area contributed by atoms with E-state index in [1.807, 2.05) is 13.0 Å². The van der Waals surface area contributed by atoms with Gasteiger partial charge in [-0.2, -0.15) is 5.26 Å². The van der Waals surface area contributed by atoms with Crippen molar-refractivity contribution in [1.29, 1.82) is 5.26 Å². The van der Waals surface area contributed by atoms with Crippen molar-refractivity contribution in [2.24, 2.45) is 0 Å². The number of aromatic nitrogens is 2. The van der Waals surface area contributed by atoms with Crippen LogP contribution in [0, 0.1) is 24.1 Å². The molecule has 1 fully saturated rings. The summed E-state index contributed by atoms with van der Waals surface area (Å²) in [4.78, 5) is 10.5. The molecule has 2 aromatic rings. The fourth-order valence-corrected chi connectivity index (χ4v) is 2.93. The summed E-state index contributed by atoms with van der Waals surface area (Å²) in [5, 5.41) is 12.6. The minimum Gasteiger partial charge on any atom is -0.368 e. The fourth-order valence-electron chi connectivity index (χ4n) is 2.93. The van der Waals surface area contributed by atoms with E-state index < -0.39 is 0 Å². The molecule has 3 rings (SSSR count). The maximum absolute atomic E-state index is 13.3. The Morgan fingerprint density at radius 3 is 3.00 bits per heavy atom. The summed E-state index contributed by atoms with van der Waals surface area (Å²) < 4.78 is 13.3. The second-order valence-electron chi connectivity index (χ2n) is 5.75. The van der Waals surface area contributed by atoms with Gasteiger partial charge in [-0.25, -0.2) is 14.4 Å². The number of rotatable bonds is 3. The van der Waals surface area contributed by atoms with Crippen molar-refractivity contribution in [1.82, 2.24) is 9.97 Å². The quantitative estimate of drug-likeness (QED) is 0.944. The molecule has 0 aliphatic carbocycles. The second-order valence-corrected chi connectivity index (χ2v) is 5.75. The molecular formula is C17H18FN5. The van der Waals surface area contributed by atoms with Crippen molar-refractivity contribution in [2.75, 3.05) is 23.3 Å². The van der Waals surface area contributed by atoms with E-state index in [-0.39, 0.29) is 11.9 Å². The van der Waals surface area contributed by atoms with E-state index in [2.05, 4.69) is 26.3 Å². The van der Waals surface area contributed by atoms with E-state index in [0.717, 1.165) is 43.1 Å². The van der Waals surface area contributed by atoms with Crippen LogP contribution in [0.4, 0.5) is 15.9 Å². The molecule has 0 saturated carbocycles. The highest BCUT2D eigenvalue weighted by Crippen LogP contribution is 2.25. The Morgan fingerprint density at radius 1 is 1.35 bits per heavy atom. The van der Waals surface area contributed by atoms with Crippen molar-refractivity contribution in [3.63, 3.8) is 0 Å². The largest absolute Gasteiger partial charge is 0.368 e. The molecular weight excluding hydrogens is 293 g/mol. The predicted octanol–water partition coefficient (Wildman–Crippen LogP) is 2.88. The van der Waals surface area contributed by atoms with Gasteiger partial charge in [0.15, 0.2) is 0 Å². The molecule has 1 aliphatic rings. The molecule has 118 valence electrons. The monoisotopic (exact) mass is 311 g/mol. The van der Waals surface area contributed by atoms with Gasteiger partial charge in [-0.1, -0.05) is 0 Å². The molecule has 1 aromatic heterocycles. The number of anilines is 2. The van der Waals surface area contributed by atoms with Crippen LogP contribution >= 0.6 is 0 Å². The van der Waals surface area contributed by atoms with Crippen LogP contribution in [0.2, 0.25) is 0 Å². The Hall–Kier alpha value is -2.68. The molecule has 1 aliphatic heterocycles. The first kappa shape index (κ1) is 15.2. The zero-order valence-corrected chi connectivity index (χ0v) is 13.0. The molecule has 0 amide bonds. The number of benzene rings is 1. The van der Waals surface area contributed by atoms with Gasteiger partial charge in [-0.3, -0.25) is 0 Å². The lowest BCUT2D eigenvalue weighted by Crippen LogP contribution is -2.42. The van der Waals surface area contributed by atoms with Crippen molar-refractivity contribution in [2.45, 2.75) is 25.8 Å². The molecule has 1 saturated heterocycles. The van der Waals surface area contributed by atoms with Crippen molar-refractivity contribution in [3.05, 3.63) is 47.7 Å². The van der Waals surface area contributed by atoms with Crippen LogP contribution in [0.5, 0.6) is 0 Å². The first-order chi connectivity index (χ1) is 11.2. The molecule has 6 heteroatoms. The first-order valence-electron chi connectivity index (χ1n) is 7.65. The Bertz CT molecular complexity index is 740. The van der Waals surface area contributed by atoms with Crippen LogP contribution in [-0.4, -0.2) is 29.1 Å². The van der Waals surface area contributed by atoms with E-state index in [4.69, 9.17) is 0 Å². The number of nitrogens with zero attached hydrogens (tertiary/aromatic N) is 4. The molecule has 1 N–H and O–H groups in total. The van der Waals surface area contributed by atoms with Crippen LogP contribution in [-0.2, 0) is 0 Å². The van der Waals surface area contributed by atoms with Crippen LogP contribution in [0.15, 0.2) is 30.6 Å². The lowest BCUT2D eigenvalue weighted by Gasteiger charge is -2.35. The van der Waals surface area contributed by atoms with Gasteiger partial charge < -0.3 is 10.2 Å². The van der Waals surface area contributed by atoms with Crippen molar-refractivity contribution in [3.8, 4) is 6.07 Å². The third-order valence-corrected chi connectivity index (χ3v) is 4.00. The number of aryl methyl sites for hydroxylation is 1. The average molecular weight is 311 g/mol. The third-order valence-electron chi connectivity index (χ3n) is 4.00. The van der Waals surface area contributed by atoms with Gasteiger partial charge in [0.25, 0.3) is 0 Å². The Labute approximate surface area is 134 Å². The first-order valence-corrected chi connectivity index (χ1v) is 7.65. The molecule has 0 bridgehead atoms. The van der Waals surface area contributed by atoms with Gasteiger partial charge in [0.2, 0.25) is 0 Å². The molecule has 1 unspecified atom stereocenters. The van der Waals surface area contributed by atoms with Crippen LogP contribution < -0.4 is 10.2 Å². The average Bonchev–Trinajstić information content (AvgIpc) is 2.55. The van der Waals surface area contributed by atoms with Crippen LogP contribution in [0.1, 0.15) is 24.1 Å². The summed E-state index contributed by atoms with van der Waals surface area (Å²) >= 11 is 0. The summed E-state index contributed by atoms with van der Waals surface area (Å²) in [6.45, 7) is 3.54. The maximum Gasteiger partial charge on any atom is 0.129 e. The number of halogens is 1. The summed E-state index contributed by atoms with van der Waals surface area (Å²) in [6.07, 6.45) is 3.58. The Morgan fingerprint density at radius 2 is 2.22 bits per heavy atom. The van der Waals surface area contributed by atoms with E-state index in [9.17, 15) is 9.65 Å². The van der Waals surface area contributed by atoms with Gasteiger partial charge >= 0.3 is 0 Å². The maximum atomic E-state index is 13.3. The van der Waals surface area contributed by atoms with E-state index in [0.29, 0.717) is 5.56 Å². The van der Waals surface area contributed by atoms with Gasteiger partial charge in [0.05, 0.1) is 11.3 Å². The molecule has 0 spiro atoms. The van der Waals surface area contributed by atoms with Crippen molar-refractivity contribution >= 4 is 11.5 Å². The van der Waals surface area contributed by atoms with Crippen molar-refractivity contribution < 1.29 is 4.39 Å². The summed E-state index contributed by atoms with van der Waals surface area (Å²) in [5.41, 5.74) is 2.09. The molecule has 23 heavy (non-hydrogen) atoms. The number of piperidine rings is 1. The lowest BCUT2D eigenvalue weighted by atomic mass is 10.0. The standard InChI is InChI=1S/C17H18FN5/c1-12-7-17(21-11-20-12)22-15-3-2-6-23(10-15)16-5-4-14(18)8-13(16)9-19/h4-5,7-8,11,15H,2-3,6,10H2,1H3,(H,20,21,22). The molecule has 1 atom stereocenters. The van der Waals surface area contributed by atoms with E-state index in [1.165, 1.54) is 12.1 Å². The summed E-state index contributed by atoms with van der Waals surface area (Å²) in [7, 11) is 0. The highest BCUT2D eigenvalue weighted by Gasteiger charge is 2.22. The number of hydrogen-bond acceptors (Lipinski definition) is 5. The second kappa shape index (κ2) is 6.61. The van der Waals surface area contributed by atoms with Gasteiger partial charge in [0, 0.05) is 30.9 Å². The molecule has 2 heterocycles. The number of nitriles is 1. The number of nitrogens with one attached hydrogen (secondary N) is 1. The van der Waals surface area contributed by atoms with Gasteiger partial charge in [-0.05, 0) is 38.0 Å². The molecule has 0 radical (unpaired) electrons. The molecule has 5 nitrogen and oxygen atoms in total. The predicted molar refractivity (Wildman–Crippen MR) is 86.7 cm³/mol. The highest BCUT2D eigenvalue weighted by atomic mass is 19.1. The minimum atomic E-state index is -0.381. The Balaban J connectivity index is 1.75. The Kier molecular flexibility index (Phi) is 4.38.